The van der Waals surface area contributed by atoms with E-state index in [-0.39, 0.29) is 18.0 Å². The summed E-state index contributed by atoms with van der Waals surface area (Å²) in [7, 11) is 2.03. The largest absolute Gasteiger partial charge is 0.377 e. The molecule has 0 bridgehead atoms. The minimum Gasteiger partial charge on any atom is -0.377 e. The van der Waals surface area contributed by atoms with Crippen LogP contribution < -0.4 is 5.73 Å². The molecule has 1 heterocycles. The van der Waals surface area contributed by atoms with E-state index >= 15 is 0 Å². The normalized spacial score (nSPS) is 21.1. The van der Waals surface area contributed by atoms with Crippen LogP contribution in [0.5, 0.6) is 0 Å². The van der Waals surface area contributed by atoms with Crippen LogP contribution in [0.1, 0.15) is 36.4 Å². The van der Waals surface area contributed by atoms with Crippen molar-refractivity contribution in [1.29, 1.82) is 0 Å². The lowest BCUT2D eigenvalue weighted by Crippen LogP contribution is -2.38. The molecule has 112 valence electrons. The van der Waals surface area contributed by atoms with E-state index in [1.165, 1.54) is 6.42 Å². The highest BCUT2D eigenvalue weighted by Gasteiger charge is 2.22. The van der Waals surface area contributed by atoms with Gasteiger partial charge in [0.05, 0.1) is 6.10 Å². The van der Waals surface area contributed by atoms with Crippen LogP contribution in [0.15, 0.2) is 18.2 Å². The first kappa shape index (κ1) is 15.4. The molecular weight excluding hydrogens is 255 g/mol. The zero-order chi connectivity index (χ0) is 14.5. The Bertz CT molecular complexity index is 432. The van der Waals surface area contributed by atoms with E-state index in [1.807, 2.05) is 19.2 Å². The summed E-state index contributed by atoms with van der Waals surface area (Å²) >= 11 is 0. The fourth-order valence-electron chi connectivity index (χ4n) is 2.79. The van der Waals surface area contributed by atoms with Crippen LogP contribution in [0.2, 0.25) is 0 Å². The molecule has 0 amide bonds. The summed E-state index contributed by atoms with van der Waals surface area (Å²) in [6.45, 7) is 3.95. The topological polar surface area (TPSA) is 38.5 Å². The average Bonchev–Trinajstić information content (AvgIpc) is 2.44. The van der Waals surface area contributed by atoms with Gasteiger partial charge in [0.15, 0.2) is 0 Å². The van der Waals surface area contributed by atoms with E-state index < -0.39 is 0 Å². The second kappa shape index (κ2) is 7.16. The quantitative estimate of drug-likeness (QED) is 0.901. The van der Waals surface area contributed by atoms with Gasteiger partial charge >= 0.3 is 0 Å². The maximum Gasteiger partial charge on any atom is 0.126 e. The molecule has 2 unspecified atom stereocenters. The number of ether oxygens (including phenoxy) is 1. The number of rotatable bonds is 5. The van der Waals surface area contributed by atoms with E-state index in [0.29, 0.717) is 12.1 Å². The van der Waals surface area contributed by atoms with Gasteiger partial charge in [-0.25, -0.2) is 4.39 Å². The first-order chi connectivity index (χ1) is 9.61. The number of nitrogens with zero attached hydrogens (tertiary/aromatic N) is 1. The third kappa shape index (κ3) is 3.78. The number of nitrogens with two attached hydrogens (primary N) is 1. The lowest BCUT2D eigenvalue weighted by Gasteiger charge is -2.32. The first-order valence-corrected chi connectivity index (χ1v) is 7.39. The highest BCUT2D eigenvalue weighted by atomic mass is 19.1. The Hall–Kier alpha value is -0.970. The maximum atomic E-state index is 13.7. The average molecular weight is 280 g/mol. The molecule has 1 aromatic carbocycles. The Labute approximate surface area is 120 Å². The predicted molar refractivity (Wildman–Crippen MR) is 79.2 cm³/mol. The zero-order valence-corrected chi connectivity index (χ0v) is 12.4. The van der Waals surface area contributed by atoms with E-state index in [4.69, 9.17) is 10.5 Å². The second-order valence-corrected chi connectivity index (χ2v) is 5.69. The summed E-state index contributed by atoms with van der Waals surface area (Å²) in [4.78, 5) is 2.18. The molecule has 1 fully saturated rings. The van der Waals surface area contributed by atoms with Crippen LogP contribution >= 0.6 is 0 Å². The lowest BCUT2D eigenvalue weighted by atomic mass is 10.0. The van der Waals surface area contributed by atoms with Crippen LogP contribution in [0, 0.1) is 12.7 Å². The van der Waals surface area contributed by atoms with Gasteiger partial charge in [0, 0.05) is 25.7 Å². The van der Waals surface area contributed by atoms with Crippen molar-refractivity contribution in [3.05, 3.63) is 35.1 Å². The Morgan fingerprint density at radius 2 is 2.25 bits per heavy atom. The highest BCUT2D eigenvalue weighted by Crippen LogP contribution is 2.23. The number of likely N-dealkylation sites (N-methyl/N-ethyl adjacent to an activating group) is 1. The number of halogens is 1. The molecule has 3 nitrogen and oxygen atoms in total. The van der Waals surface area contributed by atoms with Crippen molar-refractivity contribution in [2.24, 2.45) is 5.73 Å². The molecule has 2 atom stereocenters. The summed E-state index contributed by atoms with van der Waals surface area (Å²) in [5.74, 6) is -0.164. The van der Waals surface area contributed by atoms with Crippen molar-refractivity contribution < 1.29 is 9.13 Å². The molecule has 0 radical (unpaired) electrons. The standard InChI is InChI=1S/C16H25FN2O/c1-12-6-7-13(9-15(12)17)16(10-18)19(2)11-14-5-3-4-8-20-14/h6-7,9,14,16H,3-5,8,10-11,18H2,1-2H3. The number of benzene rings is 1. The minimum absolute atomic E-state index is 0.0376. The van der Waals surface area contributed by atoms with Gasteiger partial charge in [-0.15, -0.1) is 0 Å². The van der Waals surface area contributed by atoms with Gasteiger partial charge in [0.2, 0.25) is 0 Å². The molecule has 0 spiro atoms. The molecule has 0 saturated carbocycles. The molecule has 1 aromatic rings. The van der Waals surface area contributed by atoms with Crippen LogP contribution in [0.4, 0.5) is 4.39 Å². The highest BCUT2D eigenvalue weighted by molar-refractivity contribution is 5.26. The Kier molecular flexibility index (Phi) is 5.52. The SMILES string of the molecule is Cc1ccc(C(CN)N(C)CC2CCCCO2)cc1F. The van der Waals surface area contributed by atoms with Crippen molar-refractivity contribution in [3.8, 4) is 0 Å². The van der Waals surface area contributed by atoms with Gasteiger partial charge in [-0.1, -0.05) is 12.1 Å². The third-order valence-electron chi connectivity index (χ3n) is 4.10. The number of hydrogen-bond acceptors (Lipinski definition) is 3. The smallest absolute Gasteiger partial charge is 0.126 e. The lowest BCUT2D eigenvalue weighted by molar-refractivity contribution is -0.00779. The number of aryl methyl sites for hydroxylation is 1. The Balaban J connectivity index is 2.03. The van der Waals surface area contributed by atoms with Gasteiger partial charge in [0.25, 0.3) is 0 Å². The minimum atomic E-state index is -0.164. The van der Waals surface area contributed by atoms with E-state index in [0.717, 1.165) is 31.6 Å². The maximum absolute atomic E-state index is 13.7. The summed E-state index contributed by atoms with van der Waals surface area (Å²) in [6.07, 6.45) is 3.76. The molecule has 1 aliphatic rings. The van der Waals surface area contributed by atoms with E-state index in [2.05, 4.69) is 4.90 Å². The molecule has 2 rings (SSSR count). The molecule has 20 heavy (non-hydrogen) atoms. The number of hydrogen-bond donors (Lipinski definition) is 1. The first-order valence-electron chi connectivity index (χ1n) is 7.39. The third-order valence-corrected chi connectivity index (χ3v) is 4.10. The van der Waals surface area contributed by atoms with E-state index in [9.17, 15) is 4.39 Å². The molecule has 1 aliphatic heterocycles. The van der Waals surface area contributed by atoms with Crippen LogP contribution in [-0.2, 0) is 4.74 Å². The molecule has 0 aliphatic carbocycles. The van der Waals surface area contributed by atoms with Crippen molar-refractivity contribution in [1.82, 2.24) is 4.90 Å². The fourth-order valence-corrected chi connectivity index (χ4v) is 2.79. The van der Waals surface area contributed by atoms with Gasteiger partial charge in [-0.2, -0.15) is 0 Å². The van der Waals surface area contributed by atoms with Gasteiger partial charge in [-0.3, -0.25) is 4.90 Å². The van der Waals surface area contributed by atoms with Gasteiger partial charge in [-0.05, 0) is 50.4 Å². The van der Waals surface area contributed by atoms with Crippen molar-refractivity contribution in [2.45, 2.75) is 38.3 Å². The predicted octanol–water partition coefficient (Wildman–Crippen LogP) is 2.63. The van der Waals surface area contributed by atoms with Crippen LogP contribution in [-0.4, -0.2) is 37.7 Å². The summed E-state index contributed by atoms with van der Waals surface area (Å²) in [5, 5.41) is 0. The molecule has 2 N–H and O–H groups in total. The van der Waals surface area contributed by atoms with Crippen molar-refractivity contribution in [3.63, 3.8) is 0 Å². The zero-order valence-electron chi connectivity index (χ0n) is 12.4. The fraction of sp³-hybridized carbons (Fsp3) is 0.625. The molecule has 4 heteroatoms. The van der Waals surface area contributed by atoms with Crippen molar-refractivity contribution in [2.75, 3.05) is 26.7 Å². The van der Waals surface area contributed by atoms with Crippen molar-refractivity contribution >= 4 is 0 Å². The van der Waals surface area contributed by atoms with Gasteiger partial charge < -0.3 is 10.5 Å². The summed E-state index contributed by atoms with van der Waals surface area (Å²) in [5.41, 5.74) is 7.50. The summed E-state index contributed by atoms with van der Waals surface area (Å²) < 4.78 is 19.5. The summed E-state index contributed by atoms with van der Waals surface area (Å²) in [6, 6.07) is 5.42. The monoisotopic (exact) mass is 280 g/mol. The van der Waals surface area contributed by atoms with E-state index in [1.54, 1.807) is 13.0 Å². The molecular formula is C16H25FN2O. The Morgan fingerprint density at radius 3 is 2.85 bits per heavy atom. The van der Waals surface area contributed by atoms with Crippen LogP contribution in [0.3, 0.4) is 0 Å². The van der Waals surface area contributed by atoms with Crippen LogP contribution in [0.25, 0.3) is 0 Å². The molecule has 1 saturated heterocycles. The second-order valence-electron chi connectivity index (χ2n) is 5.69. The molecule has 0 aromatic heterocycles. The Morgan fingerprint density at radius 1 is 1.45 bits per heavy atom. The van der Waals surface area contributed by atoms with Gasteiger partial charge in [0.1, 0.15) is 5.82 Å².